The molecule has 0 bridgehead atoms. The largest absolute Gasteiger partial charge is 0.573 e. The van der Waals surface area contributed by atoms with E-state index in [2.05, 4.69) is 59.0 Å². The second-order valence-corrected chi connectivity index (χ2v) is 14.1. The highest BCUT2D eigenvalue weighted by molar-refractivity contribution is 8.16. The van der Waals surface area contributed by atoms with Crippen molar-refractivity contribution < 1.29 is 22.7 Å². The van der Waals surface area contributed by atoms with Crippen LogP contribution in [0.15, 0.2) is 83.0 Å². The first-order chi connectivity index (χ1) is 23.5. The van der Waals surface area contributed by atoms with Crippen molar-refractivity contribution >= 4 is 45.5 Å². The van der Waals surface area contributed by atoms with Crippen molar-refractivity contribution in [1.82, 2.24) is 14.8 Å². The third kappa shape index (κ3) is 8.21. The van der Waals surface area contributed by atoms with Crippen LogP contribution in [0.2, 0.25) is 0 Å². The van der Waals surface area contributed by atoms with Gasteiger partial charge >= 0.3 is 6.36 Å². The summed E-state index contributed by atoms with van der Waals surface area (Å²) < 4.78 is 43.0. The highest BCUT2D eigenvalue weighted by atomic mass is 32.2. The van der Waals surface area contributed by atoms with Crippen LogP contribution in [0.5, 0.6) is 5.75 Å². The maximum atomic E-state index is 13.2. The van der Waals surface area contributed by atoms with Gasteiger partial charge in [0.25, 0.3) is 0 Å². The Hall–Kier alpha value is -4.10. The summed E-state index contributed by atoms with van der Waals surface area (Å²) in [6, 6.07) is 20.0. The summed E-state index contributed by atoms with van der Waals surface area (Å²) in [6.07, 6.45) is 2.92. The lowest BCUT2D eigenvalue weighted by atomic mass is 9.80. The summed E-state index contributed by atoms with van der Waals surface area (Å²) in [6.45, 7) is 6.30. The smallest absolute Gasteiger partial charge is 0.406 e. The number of amidine groups is 2. The Morgan fingerprint density at radius 1 is 1.04 bits per heavy atom. The molecule has 1 saturated heterocycles. The van der Waals surface area contributed by atoms with Gasteiger partial charge in [0.1, 0.15) is 12.1 Å². The number of hydrogen-bond donors (Lipinski definition) is 0. The summed E-state index contributed by atoms with van der Waals surface area (Å²) in [5.41, 5.74) is 5.67. The van der Waals surface area contributed by atoms with Gasteiger partial charge < -0.3 is 4.74 Å². The van der Waals surface area contributed by atoms with Gasteiger partial charge in [-0.05, 0) is 79.0 Å². The minimum atomic E-state index is -4.75. The van der Waals surface area contributed by atoms with Crippen molar-refractivity contribution in [3.8, 4) is 22.8 Å². The molecule has 2 atom stereocenters. The number of hydrogen-bond acceptors (Lipinski definition) is 7. The molecular formula is C36H37F3N6O2S2. The second-order valence-electron chi connectivity index (χ2n) is 12.4. The lowest BCUT2D eigenvalue weighted by Gasteiger charge is -2.29. The number of rotatable bonds is 7. The zero-order valence-corrected chi connectivity index (χ0v) is 29.3. The van der Waals surface area contributed by atoms with E-state index in [1.54, 1.807) is 4.90 Å². The number of aromatic nitrogens is 3. The first-order valence-corrected chi connectivity index (χ1v) is 18.3. The van der Waals surface area contributed by atoms with E-state index in [0.29, 0.717) is 27.6 Å². The first kappa shape index (κ1) is 34.8. The van der Waals surface area contributed by atoms with Crippen molar-refractivity contribution in [3.63, 3.8) is 0 Å². The molecule has 8 nitrogen and oxygen atoms in total. The second kappa shape index (κ2) is 14.8. The number of carbonyl (C=O) groups is 1. The molecule has 13 heteroatoms. The quantitative estimate of drug-likeness (QED) is 0.141. The molecule has 1 aromatic heterocycles. The van der Waals surface area contributed by atoms with Gasteiger partial charge in [0.05, 0.1) is 23.2 Å². The van der Waals surface area contributed by atoms with Gasteiger partial charge in [0, 0.05) is 11.5 Å². The van der Waals surface area contributed by atoms with Crippen LogP contribution in [-0.4, -0.2) is 55.4 Å². The van der Waals surface area contributed by atoms with Gasteiger partial charge in [-0.2, -0.15) is 4.99 Å². The molecule has 1 aliphatic heterocycles. The van der Waals surface area contributed by atoms with E-state index in [1.165, 1.54) is 64.4 Å². The molecule has 2 fully saturated rings. The number of anilines is 1. The Morgan fingerprint density at radius 3 is 2.47 bits per heavy atom. The lowest BCUT2D eigenvalue weighted by Crippen LogP contribution is -2.31. The molecule has 0 N–H and O–H groups in total. The molecule has 6 rings (SSSR count). The summed E-state index contributed by atoms with van der Waals surface area (Å²) in [7, 11) is 0. The fourth-order valence-electron chi connectivity index (χ4n) is 6.22. The lowest BCUT2D eigenvalue weighted by molar-refractivity contribution is -0.274. The number of ether oxygens (including phenoxy) is 1. The molecule has 4 aromatic rings. The van der Waals surface area contributed by atoms with E-state index in [9.17, 15) is 18.0 Å². The highest BCUT2D eigenvalue weighted by Crippen LogP contribution is 2.38. The summed E-state index contributed by atoms with van der Waals surface area (Å²) in [5, 5.41) is 5.87. The third-order valence-corrected chi connectivity index (χ3v) is 10.1. The van der Waals surface area contributed by atoms with Crippen LogP contribution in [0.25, 0.3) is 17.1 Å². The molecule has 0 radical (unpaired) electrons. The van der Waals surface area contributed by atoms with E-state index in [1.807, 2.05) is 25.3 Å². The maximum Gasteiger partial charge on any atom is 0.573 e. The van der Waals surface area contributed by atoms with Crippen LogP contribution in [0.3, 0.4) is 0 Å². The monoisotopic (exact) mass is 706 g/mol. The molecule has 2 aliphatic rings. The zero-order chi connectivity index (χ0) is 34.7. The topological polar surface area (TPSA) is 85.0 Å². The predicted molar refractivity (Wildman–Crippen MR) is 192 cm³/mol. The van der Waals surface area contributed by atoms with Crippen molar-refractivity contribution in [1.29, 1.82) is 0 Å². The van der Waals surface area contributed by atoms with E-state index in [4.69, 9.17) is 9.98 Å². The number of nitrogens with zero attached hydrogens (tertiary/aromatic N) is 6. The van der Waals surface area contributed by atoms with Gasteiger partial charge in [-0.15, -0.1) is 18.3 Å². The van der Waals surface area contributed by atoms with Gasteiger partial charge in [0.15, 0.2) is 16.2 Å². The molecule has 0 spiro atoms. The zero-order valence-electron chi connectivity index (χ0n) is 27.6. The highest BCUT2D eigenvalue weighted by Gasteiger charge is 2.33. The maximum absolute atomic E-state index is 13.2. The number of alkyl halides is 3. The van der Waals surface area contributed by atoms with Gasteiger partial charge in [-0.25, -0.2) is 9.67 Å². The minimum Gasteiger partial charge on any atom is -0.406 e. The number of thioether (sulfide) groups is 2. The summed E-state index contributed by atoms with van der Waals surface area (Å²) in [5.74, 6) is 1.05. The Morgan fingerprint density at radius 2 is 1.78 bits per heavy atom. The van der Waals surface area contributed by atoms with Crippen LogP contribution in [-0.2, 0) is 4.79 Å². The van der Waals surface area contributed by atoms with E-state index in [0.717, 1.165) is 48.1 Å². The van der Waals surface area contributed by atoms with Gasteiger partial charge in [-0.3, -0.25) is 14.7 Å². The van der Waals surface area contributed by atoms with Crippen molar-refractivity contribution in [3.05, 3.63) is 89.7 Å². The van der Waals surface area contributed by atoms with Crippen LogP contribution in [0, 0.1) is 6.92 Å². The van der Waals surface area contributed by atoms with Gasteiger partial charge in [-0.1, -0.05) is 86.6 Å². The van der Waals surface area contributed by atoms with E-state index in [-0.39, 0.29) is 29.5 Å². The average Bonchev–Trinajstić information content (AvgIpc) is 3.71. The van der Waals surface area contributed by atoms with Gasteiger partial charge in [0.2, 0.25) is 5.91 Å². The standard InChI is InChI=1S/C36H37F3N6O2S2/c1-22(2)28-18-9-23(3)19-31(28)45-32(46)20-49-35(45)42-34(48-4)41-30-8-6-5-7-29(30)24-10-12-25(13-11-24)33-40-21-44(43-33)26-14-16-27(17-15-26)47-36(37,38)39/h9-19,21-22,29-30H,5-8,20H2,1-4H3/b41-34+,42-35-. The van der Waals surface area contributed by atoms with Crippen LogP contribution < -0.4 is 9.64 Å². The van der Waals surface area contributed by atoms with Crippen molar-refractivity contribution in [2.45, 2.75) is 70.7 Å². The Balaban J connectivity index is 1.20. The average molecular weight is 707 g/mol. The third-order valence-electron chi connectivity index (χ3n) is 8.62. The SMILES string of the molecule is CSC(/N=C1\SCC(=O)N1c1cc(C)ccc1C(C)C)=N/C1CCCCC1c1ccc(-c2ncn(-c3ccc(OC(F)(F)F)cc3)n2)cc1. The van der Waals surface area contributed by atoms with Crippen LogP contribution in [0.4, 0.5) is 18.9 Å². The predicted octanol–water partition coefficient (Wildman–Crippen LogP) is 9.15. The molecule has 3 aromatic carbocycles. The molecule has 1 aliphatic carbocycles. The fourth-order valence-corrected chi connectivity index (χ4v) is 7.56. The van der Waals surface area contributed by atoms with E-state index >= 15 is 0 Å². The molecule has 256 valence electrons. The summed E-state index contributed by atoms with van der Waals surface area (Å²) in [4.78, 5) is 29.5. The Labute approximate surface area is 292 Å². The number of aliphatic imine (C=N–C) groups is 2. The number of benzene rings is 3. The molecule has 2 unspecified atom stereocenters. The van der Waals surface area contributed by atoms with Crippen molar-refractivity contribution in [2.24, 2.45) is 9.98 Å². The Bertz CT molecular complexity index is 1860. The van der Waals surface area contributed by atoms with Crippen LogP contribution >= 0.6 is 23.5 Å². The number of carbonyl (C=O) groups excluding carboxylic acids is 1. The fraction of sp³-hybridized carbons (Fsp3) is 0.361. The number of aryl methyl sites for hydroxylation is 1. The number of amides is 1. The summed E-state index contributed by atoms with van der Waals surface area (Å²) >= 11 is 2.96. The van der Waals surface area contributed by atoms with Crippen molar-refractivity contribution in [2.75, 3.05) is 16.9 Å². The molecule has 1 amide bonds. The first-order valence-electron chi connectivity index (χ1n) is 16.1. The normalized spacial score (nSPS) is 19.7. The molecule has 1 saturated carbocycles. The molecule has 2 heterocycles. The van der Waals surface area contributed by atoms with E-state index < -0.39 is 6.36 Å². The minimum absolute atomic E-state index is 0.0279. The Kier molecular flexibility index (Phi) is 10.5. The van der Waals surface area contributed by atoms with Crippen LogP contribution in [0.1, 0.15) is 68.1 Å². The number of halogens is 3. The molecular weight excluding hydrogens is 670 g/mol. The molecule has 49 heavy (non-hydrogen) atoms.